The molecule has 3 nitrogen and oxygen atoms in total. The van der Waals surface area contributed by atoms with E-state index in [9.17, 15) is 0 Å². The molecule has 1 aromatic rings. The second-order valence-corrected chi connectivity index (χ2v) is 5.42. The molecule has 1 N–H and O–H groups in total. The van der Waals surface area contributed by atoms with Crippen LogP contribution in [0.1, 0.15) is 36.5 Å². The average Bonchev–Trinajstić information content (AvgIpc) is 2.66. The SMILES string of the molecule is CC(C)c1csc(C2CN(C)CCN2)n1. The minimum atomic E-state index is 0.432. The Labute approximate surface area is 95.5 Å². The van der Waals surface area contributed by atoms with E-state index >= 15 is 0 Å². The highest BCUT2D eigenvalue weighted by atomic mass is 32.1. The molecule has 4 heteroatoms. The molecule has 2 heterocycles. The number of aromatic nitrogens is 1. The molecular weight excluding hydrogens is 206 g/mol. The largest absolute Gasteiger partial charge is 0.306 e. The van der Waals surface area contributed by atoms with Gasteiger partial charge in [0.25, 0.3) is 0 Å². The van der Waals surface area contributed by atoms with Gasteiger partial charge in [0.2, 0.25) is 0 Å². The van der Waals surface area contributed by atoms with Crippen LogP contribution in [0.5, 0.6) is 0 Å². The summed E-state index contributed by atoms with van der Waals surface area (Å²) in [5, 5.41) is 6.96. The summed E-state index contributed by atoms with van der Waals surface area (Å²) < 4.78 is 0. The molecule has 0 saturated carbocycles. The number of piperazine rings is 1. The maximum absolute atomic E-state index is 4.70. The highest BCUT2D eigenvalue weighted by molar-refractivity contribution is 7.09. The standard InChI is InChI=1S/C11H19N3S/c1-8(2)10-7-15-11(13-10)9-6-14(3)5-4-12-9/h7-9,12H,4-6H2,1-3H3. The Balaban J connectivity index is 2.08. The Kier molecular flexibility index (Phi) is 3.38. The van der Waals surface area contributed by atoms with Gasteiger partial charge in [0.1, 0.15) is 5.01 Å². The van der Waals surface area contributed by atoms with Crippen LogP contribution in [0.3, 0.4) is 0 Å². The topological polar surface area (TPSA) is 28.2 Å². The van der Waals surface area contributed by atoms with Gasteiger partial charge in [0.15, 0.2) is 0 Å². The van der Waals surface area contributed by atoms with Crippen molar-refractivity contribution < 1.29 is 0 Å². The predicted molar refractivity (Wildman–Crippen MR) is 64.4 cm³/mol. The number of nitrogens with one attached hydrogen (secondary N) is 1. The first-order valence-electron chi connectivity index (χ1n) is 5.54. The van der Waals surface area contributed by atoms with Crippen LogP contribution in [0, 0.1) is 0 Å². The van der Waals surface area contributed by atoms with Crippen LogP contribution in [0.15, 0.2) is 5.38 Å². The fourth-order valence-corrected chi connectivity index (χ4v) is 2.84. The van der Waals surface area contributed by atoms with E-state index < -0.39 is 0 Å². The van der Waals surface area contributed by atoms with Gasteiger partial charge in [-0.2, -0.15) is 0 Å². The number of hydrogen-bond donors (Lipinski definition) is 1. The van der Waals surface area contributed by atoms with Gasteiger partial charge in [-0.15, -0.1) is 11.3 Å². The third-order valence-electron chi connectivity index (χ3n) is 2.81. The molecule has 1 unspecified atom stereocenters. The highest BCUT2D eigenvalue weighted by Crippen LogP contribution is 2.24. The Hall–Kier alpha value is -0.450. The summed E-state index contributed by atoms with van der Waals surface area (Å²) in [4.78, 5) is 7.06. The van der Waals surface area contributed by atoms with Crippen molar-refractivity contribution in [1.29, 1.82) is 0 Å². The molecule has 1 aliphatic heterocycles. The maximum atomic E-state index is 4.70. The normalized spacial score (nSPS) is 23.6. The fraction of sp³-hybridized carbons (Fsp3) is 0.727. The molecule has 0 aliphatic carbocycles. The Morgan fingerprint density at radius 1 is 1.60 bits per heavy atom. The van der Waals surface area contributed by atoms with Crippen LogP contribution in [0.25, 0.3) is 0 Å². The third-order valence-corrected chi connectivity index (χ3v) is 3.78. The zero-order valence-corrected chi connectivity index (χ0v) is 10.5. The number of thiazole rings is 1. The van der Waals surface area contributed by atoms with Gasteiger partial charge in [-0.1, -0.05) is 13.8 Å². The predicted octanol–water partition coefficient (Wildman–Crippen LogP) is 1.84. The fourth-order valence-electron chi connectivity index (χ4n) is 1.79. The first-order chi connectivity index (χ1) is 7.16. The van der Waals surface area contributed by atoms with E-state index in [0.717, 1.165) is 19.6 Å². The molecule has 15 heavy (non-hydrogen) atoms. The number of nitrogens with zero attached hydrogens (tertiary/aromatic N) is 2. The van der Waals surface area contributed by atoms with Gasteiger partial charge in [-0.3, -0.25) is 0 Å². The lowest BCUT2D eigenvalue weighted by molar-refractivity contribution is 0.240. The summed E-state index contributed by atoms with van der Waals surface area (Å²) >= 11 is 1.79. The van der Waals surface area contributed by atoms with E-state index in [0.29, 0.717) is 12.0 Å². The van der Waals surface area contributed by atoms with Crippen LogP contribution in [-0.4, -0.2) is 36.6 Å². The van der Waals surface area contributed by atoms with Crippen LogP contribution in [-0.2, 0) is 0 Å². The van der Waals surface area contributed by atoms with Gasteiger partial charge in [0, 0.05) is 25.0 Å². The lowest BCUT2D eigenvalue weighted by Crippen LogP contribution is -2.43. The van der Waals surface area contributed by atoms with E-state index in [2.05, 4.69) is 36.5 Å². The second-order valence-electron chi connectivity index (χ2n) is 4.53. The summed E-state index contributed by atoms with van der Waals surface area (Å²) in [6.45, 7) is 7.67. The highest BCUT2D eigenvalue weighted by Gasteiger charge is 2.21. The van der Waals surface area contributed by atoms with Crippen LogP contribution >= 0.6 is 11.3 Å². The van der Waals surface area contributed by atoms with Gasteiger partial charge >= 0.3 is 0 Å². The van der Waals surface area contributed by atoms with Crippen molar-refractivity contribution in [3.63, 3.8) is 0 Å². The van der Waals surface area contributed by atoms with Gasteiger partial charge < -0.3 is 10.2 Å². The molecule has 1 fully saturated rings. The number of hydrogen-bond acceptors (Lipinski definition) is 4. The van der Waals surface area contributed by atoms with Crippen LogP contribution in [0.4, 0.5) is 0 Å². The molecule has 0 spiro atoms. The molecular formula is C11H19N3S. The molecule has 1 aromatic heterocycles. The molecule has 0 amide bonds. The monoisotopic (exact) mass is 225 g/mol. The number of likely N-dealkylation sites (N-methyl/N-ethyl adjacent to an activating group) is 1. The van der Waals surface area contributed by atoms with E-state index in [1.165, 1.54) is 10.7 Å². The van der Waals surface area contributed by atoms with Crippen molar-refractivity contribution in [3.05, 3.63) is 16.1 Å². The number of rotatable bonds is 2. The molecule has 1 aliphatic rings. The van der Waals surface area contributed by atoms with Gasteiger partial charge in [-0.05, 0) is 13.0 Å². The molecule has 0 bridgehead atoms. The van der Waals surface area contributed by atoms with Gasteiger partial charge in [-0.25, -0.2) is 4.98 Å². The van der Waals surface area contributed by atoms with Crippen molar-refractivity contribution in [2.24, 2.45) is 0 Å². The van der Waals surface area contributed by atoms with E-state index in [1.807, 2.05) is 0 Å². The summed E-state index contributed by atoms with van der Waals surface area (Å²) in [7, 11) is 2.17. The molecule has 1 atom stereocenters. The first kappa shape index (κ1) is 11.0. The van der Waals surface area contributed by atoms with Gasteiger partial charge in [0.05, 0.1) is 11.7 Å². The van der Waals surface area contributed by atoms with E-state index in [4.69, 9.17) is 4.98 Å². The summed E-state index contributed by atoms with van der Waals surface area (Å²) in [5.41, 5.74) is 1.23. The Bertz CT molecular complexity index is 321. The zero-order chi connectivity index (χ0) is 10.8. The van der Waals surface area contributed by atoms with Crippen molar-refractivity contribution >= 4 is 11.3 Å². The van der Waals surface area contributed by atoms with Crippen molar-refractivity contribution in [2.75, 3.05) is 26.7 Å². The maximum Gasteiger partial charge on any atom is 0.111 e. The summed E-state index contributed by atoms with van der Waals surface area (Å²) in [6, 6.07) is 0.432. The molecule has 0 aromatic carbocycles. The van der Waals surface area contributed by atoms with E-state index in [-0.39, 0.29) is 0 Å². The zero-order valence-electron chi connectivity index (χ0n) is 9.66. The average molecular weight is 225 g/mol. The first-order valence-corrected chi connectivity index (χ1v) is 6.42. The smallest absolute Gasteiger partial charge is 0.111 e. The minimum Gasteiger partial charge on any atom is -0.306 e. The Morgan fingerprint density at radius 3 is 3.00 bits per heavy atom. The van der Waals surface area contributed by atoms with Crippen molar-refractivity contribution in [3.8, 4) is 0 Å². The van der Waals surface area contributed by atoms with Crippen LogP contribution < -0.4 is 5.32 Å². The molecule has 1 saturated heterocycles. The summed E-state index contributed by atoms with van der Waals surface area (Å²) in [5.74, 6) is 0.538. The molecule has 84 valence electrons. The third kappa shape index (κ3) is 2.56. The molecule has 0 radical (unpaired) electrons. The second kappa shape index (κ2) is 4.60. The Morgan fingerprint density at radius 2 is 2.40 bits per heavy atom. The lowest BCUT2D eigenvalue weighted by atomic mass is 10.1. The molecule has 2 rings (SSSR count). The summed E-state index contributed by atoms with van der Waals surface area (Å²) in [6.07, 6.45) is 0. The minimum absolute atomic E-state index is 0.432. The van der Waals surface area contributed by atoms with Crippen molar-refractivity contribution in [2.45, 2.75) is 25.8 Å². The van der Waals surface area contributed by atoms with E-state index in [1.54, 1.807) is 11.3 Å². The lowest BCUT2D eigenvalue weighted by Gasteiger charge is -2.29. The quantitative estimate of drug-likeness (QED) is 0.832. The van der Waals surface area contributed by atoms with Crippen molar-refractivity contribution in [1.82, 2.24) is 15.2 Å². The van der Waals surface area contributed by atoms with Crippen LogP contribution in [0.2, 0.25) is 0 Å².